The average molecular weight is 301 g/mol. The summed E-state index contributed by atoms with van der Waals surface area (Å²) >= 11 is 1.65. The van der Waals surface area contributed by atoms with E-state index in [4.69, 9.17) is 0 Å². The summed E-state index contributed by atoms with van der Waals surface area (Å²) in [6, 6.07) is 8.21. The highest BCUT2D eigenvalue weighted by Gasteiger charge is 2.28. The molecule has 1 aromatic heterocycles. The Kier molecular flexibility index (Phi) is 3.37. The zero-order chi connectivity index (χ0) is 15.1. The molecule has 1 unspecified atom stereocenters. The average Bonchev–Trinajstić information content (AvgIpc) is 2.74. The Morgan fingerprint density at radius 3 is 2.38 bits per heavy atom. The Bertz CT molecular complexity index is 688. The Balaban J connectivity index is 1.90. The van der Waals surface area contributed by atoms with Crippen molar-refractivity contribution in [1.29, 1.82) is 0 Å². The number of rotatable bonds is 2. The fourth-order valence-electron chi connectivity index (χ4n) is 2.50. The Labute approximate surface area is 128 Å². The molecule has 1 aliphatic rings. The lowest BCUT2D eigenvalue weighted by atomic mass is 10.1. The van der Waals surface area contributed by atoms with E-state index in [0.29, 0.717) is 0 Å². The van der Waals surface area contributed by atoms with Crippen LogP contribution in [0, 0.1) is 13.8 Å². The normalized spacial score (nSPS) is 17.0. The van der Waals surface area contributed by atoms with Gasteiger partial charge in [0.1, 0.15) is 11.2 Å². The second kappa shape index (κ2) is 5.07. The Morgan fingerprint density at radius 1 is 1.10 bits per heavy atom. The molecule has 0 saturated carbocycles. The lowest BCUT2D eigenvalue weighted by Crippen LogP contribution is -2.38. The van der Waals surface area contributed by atoms with Crippen molar-refractivity contribution in [2.75, 3.05) is 24.3 Å². The molecule has 0 fully saturated rings. The number of amides is 1. The number of carbonyl (C=O) groups excluding carboxylic acids is 1. The molecule has 1 amide bonds. The third-order valence-corrected chi connectivity index (χ3v) is 5.04. The molecule has 1 aromatic carbocycles. The van der Waals surface area contributed by atoms with Crippen LogP contribution in [0.15, 0.2) is 24.3 Å². The standard InChI is InChI=1S/C16H19N3OS/c1-9-10(2)21-16-13(9)15(20)17-14(18-16)11-5-7-12(8-6-11)19(3)4/h5-8,14,18H,1-4H3,(H,17,20). The fourth-order valence-corrected chi connectivity index (χ4v) is 3.59. The minimum atomic E-state index is -0.168. The minimum Gasteiger partial charge on any atom is -0.378 e. The van der Waals surface area contributed by atoms with Crippen molar-refractivity contribution in [1.82, 2.24) is 5.32 Å². The molecule has 2 heterocycles. The van der Waals surface area contributed by atoms with Gasteiger partial charge in [-0.3, -0.25) is 4.79 Å². The highest BCUT2D eigenvalue weighted by atomic mass is 32.1. The summed E-state index contributed by atoms with van der Waals surface area (Å²) in [5.74, 6) is 0.00675. The number of fused-ring (bicyclic) bond motifs is 1. The smallest absolute Gasteiger partial charge is 0.256 e. The Morgan fingerprint density at radius 2 is 1.76 bits per heavy atom. The number of nitrogens with zero attached hydrogens (tertiary/aromatic N) is 1. The molecule has 1 aliphatic heterocycles. The SMILES string of the molecule is Cc1sc2c(c1C)C(=O)NC(c1ccc(N(C)C)cc1)N2. The molecule has 21 heavy (non-hydrogen) atoms. The van der Waals surface area contributed by atoms with Gasteiger partial charge in [0.25, 0.3) is 5.91 Å². The third-order valence-electron chi connectivity index (χ3n) is 3.91. The van der Waals surface area contributed by atoms with Gasteiger partial charge in [0.15, 0.2) is 0 Å². The largest absolute Gasteiger partial charge is 0.378 e. The molecule has 110 valence electrons. The van der Waals surface area contributed by atoms with Crippen molar-refractivity contribution in [3.63, 3.8) is 0 Å². The van der Waals surface area contributed by atoms with E-state index in [-0.39, 0.29) is 12.1 Å². The van der Waals surface area contributed by atoms with Crippen molar-refractivity contribution in [3.8, 4) is 0 Å². The number of nitrogens with one attached hydrogen (secondary N) is 2. The van der Waals surface area contributed by atoms with E-state index in [0.717, 1.165) is 27.4 Å². The molecule has 5 heteroatoms. The predicted molar refractivity (Wildman–Crippen MR) is 88.4 cm³/mol. The number of hydrogen-bond donors (Lipinski definition) is 2. The Hall–Kier alpha value is -2.01. The molecule has 2 aromatic rings. The predicted octanol–water partition coefficient (Wildman–Crippen LogP) is 3.29. The van der Waals surface area contributed by atoms with Gasteiger partial charge >= 0.3 is 0 Å². The van der Waals surface area contributed by atoms with Gasteiger partial charge in [0, 0.05) is 24.7 Å². The van der Waals surface area contributed by atoms with Crippen molar-refractivity contribution in [2.45, 2.75) is 20.0 Å². The molecule has 0 saturated heterocycles. The van der Waals surface area contributed by atoms with Crippen LogP contribution in [-0.4, -0.2) is 20.0 Å². The summed E-state index contributed by atoms with van der Waals surface area (Å²) in [5, 5.41) is 7.43. The maximum absolute atomic E-state index is 12.3. The third kappa shape index (κ3) is 2.38. The lowest BCUT2D eigenvalue weighted by molar-refractivity contribution is 0.0936. The van der Waals surface area contributed by atoms with Crippen LogP contribution < -0.4 is 15.5 Å². The monoisotopic (exact) mass is 301 g/mol. The van der Waals surface area contributed by atoms with Crippen molar-refractivity contribution >= 4 is 27.9 Å². The van der Waals surface area contributed by atoms with Gasteiger partial charge in [0.05, 0.1) is 5.56 Å². The van der Waals surface area contributed by atoms with Crippen LogP contribution in [0.1, 0.15) is 32.5 Å². The molecule has 2 N–H and O–H groups in total. The highest BCUT2D eigenvalue weighted by Crippen LogP contribution is 2.37. The number of carbonyl (C=O) groups is 1. The van der Waals surface area contributed by atoms with Crippen LogP contribution >= 0.6 is 11.3 Å². The van der Waals surface area contributed by atoms with E-state index in [1.807, 2.05) is 40.1 Å². The molecule has 0 aliphatic carbocycles. The quantitative estimate of drug-likeness (QED) is 0.894. The maximum Gasteiger partial charge on any atom is 0.256 e. The van der Waals surface area contributed by atoms with Gasteiger partial charge < -0.3 is 15.5 Å². The van der Waals surface area contributed by atoms with E-state index < -0.39 is 0 Å². The molecular weight excluding hydrogens is 282 g/mol. The van der Waals surface area contributed by atoms with Crippen molar-refractivity contribution < 1.29 is 4.79 Å². The summed E-state index contributed by atoms with van der Waals surface area (Å²) in [6.45, 7) is 4.05. The number of aryl methyl sites for hydroxylation is 1. The van der Waals surface area contributed by atoms with Gasteiger partial charge in [-0.15, -0.1) is 11.3 Å². The molecule has 0 radical (unpaired) electrons. The van der Waals surface area contributed by atoms with Crippen LogP contribution in [0.5, 0.6) is 0 Å². The number of hydrogen-bond acceptors (Lipinski definition) is 4. The summed E-state index contributed by atoms with van der Waals surface area (Å²) in [7, 11) is 4.03. The van der Waals surface area contributed by atoms with Crippen molar-refractivity contribution in [2.24, 2.45) is 0 Å². The summed E-state index contributed by atoms with van der Waals surface area (Å²) in [6.07, 6.45) is -0.168. The first-order chi connectivity index (χ1) is 9.97. The van der Waals surface area contributed by atoms with Gasteiger partial charge in [-0.25, -0.2) is 0 Å². The zero-order valence-corrected chi connectivity index (χ0v) is 13.5. The number of benzene rings is 1. The van der Waals surface area contributed by atoms with Gasteiger partial charge in [-0.2, -0.15) is 0 Å². The van der Waals surface area contributed by atoms with E-state index >= 15 is 0 Å². The van der Waals surface area contributed by atoms with Crippen LogP contribution in [0.4, 0.5) is 10.7 Å². The van der Waals surface area contributed by atoms with Crippen LogP contribution in [0.25, 0.3) is 0 Å². The molecule has 4 nitrogen and oxygen atoms in total. The molecule has 0 bridgehead atoms. The van der Waals surface area contributed by atoms with Gasteiger partial charge in [-0.05, 0) is 37.1 Å². The first-order valence-corrected chi connectivity index (χ1v) is 7.73. The van der Waals surface area contributed by atoms with E-state index in [1.165, 1.54) is 4.88 Å². The first-order valence-electron chi connectivity index (χ1n) is 6.92. The van der Waals surface area contributed by atoms with Crippen LogP contribution in [-0.2, 0) is 0 Å². The second-order valence-corrected chi connectivity index (χ2v) is 6.75. The van der Waals surface area contributed by atoms with Crippen molar-refractivity contribution in [3.05, 3.63) is 45.8 Å². The number of thiophene rings is 1. The van der Waals surface area contributed by atoms with Gasteiger partial charge in [0.2, 0.25) is 0 Å². The topological polar surface area (TPSA) is 44.4 Å². The summed E-state index contributed by atoms with van der Waals surface area (Å²) < 4.78 is 0. The highest BCUT2D eigenvalue weighted by molar-refractivity contribution is 7.16. The first kappa shape index (κ1) is 13.9. The minimum absolute atomic E-state index is 0.00675. The molecule has 0 spiro atoms. The van der Waals surface area contributed by atoms with E-state index in [1.54, 1.807) is 11.3 Å². The zero-order valence-electron chi connectivity index (χ0n) is 12.7. The van der Waals surface area contributed by atoms with Gasteiger partial charge in [-0.1, -0.05) is 12.1 Å². The molecule has 1 atom stereocenters. The number of anilines is 2. The lowest BCUT2D eigenvalue weighted by Gasteiger charge is -2.26. The summed E-state index contributed by atoms with van der Waals surface area (Å²) in [5.41, 5.74) is 4.06. The van der Waals surface area contributed by atoms with Crippen LogP contribution in [0.3, 0.4) is 0 Å². The summed E-state index contributed by atoms with van der Waals surface area (Å²) in [4.78, 5) is 15.6. The van der Waals surface area contributed by atoms with Crippen LogP contribution in [0.2, 0.25) is 0 Å². The van der Waals surface area contributed by atoms with E-state index in [9.17, 15) is 4.79 Å². The second-order valence-electron chi connectivity index (χ2n) is 5.52. The maximum atomic E-state index is 12.3. The molecule has 3 rings (SSSR count). The fraction of sp³-hybridized carbons (Fsp3) is 0.312. The molecular formula is C16H19N3OS. The van der Waals surface area contributed by atoms with E-state index in [2.05, 4.69) is 27.7 Å².